The summed E-state index contributed by atoms with van der Waals surface area (Å²) in [6, 6.07) is 6.81. The van der Waals surface area contributed by atoms with Gasteiger partial charge in [0, 0.05) is 5.56 Å². The zero-order chi connectivity index (χ0) is 16.3. The number of rotatable bonds is 3. The quantitative estimate of drug-likeness (QED) is 0.493. The average molecular weight is 315 g/mol. The van der Waals surface area contributed by atoms with Gasteiger partial charge in [-0.05, 0) is 24.3 Å². The molecule has 0 aliphatic carbocycles. The maximum absolute atomic E-state index is 13.3. The molecule has 1 aromatic heterocycles. The molecule has 1 heterocycles. The number of esters is 1. The third-order valence-corrected chi connectivity index (χ3v) is 2.61. The van der Waals surface area contributed by atoms with Crippen molar-refractivity contribution in [1.82, 2.24) is 4.98 Å². The Hall–Kier alpha value is -2.64. The van der Waals surface area contributed by atoms with E-state index in [1.54, 1.807) is 0 Å². The second-order valence-corrected chi connectivity index (χ2v) is 4.10. The van der Waals surface area contributed by atoms with E-state index in [1.165, 1.54) is 12.1 Å². The Labute approximate surface area is 122 Å². The molecule has 0 aliphatic heterocycles. The van der Waals surface area contributed by atoms with Crippen LogP contribution in [0.5, 0.6) is 5.75 Å². The van der Waals surface area contributed by atoms with Crippen LogP contribution < -0.4 is 4.74 Å². The molecule has 0 fully saturated rings. The Kier molecular flexibility index (Phi) is 4.30. The van der Waals surface area contributed by atoms with Gasteiger partial charge in [0.1, 0.15) is 5.75 Å². The van der Waals surface area contributed by atoms with Gasteiger partial charge in [0.25, 0.3) is 0 Å². The second kappa shape index (κ2) is 6.00. The predicted molar refractivity (Wildman–Crippen MR) is 67.7 cm³/mol. The third kappa shape index (κ3) is 3.72. The molecule has 116 valence electrons. The lowest BCUT2D eigenvalue weighted by Gasteiger charge is -2.11. The van der Waals surface area contributed by atoms with Crippen LogP contribution in [0.25, 0.3) is 11.3 Å². The topological polar surface area (TPSA) is 48.4 Å². The summed E-state index contributed by atoms with van der Waals surface area (Å²) in [6.07, 6.45) is -4.86. The number of benzene rings is 1. The van der Waals surface area contributed by atoms with Crippen molar-refractivity contribution in [1.29, 1.82) is 0 Å². The van der Waals surface area contributed by atoms with Crippen LogP contribution in [0, 0.1) is 5.95 Å². The molecule has 22 heavy (non-hydrogen) atoms. The van der Waals surface area contributed by atoms with Crippen molar-refractivity contribution in [2.75, 3.05) is 7.11 Å². The molecule has 0 saturated carbocycles. The molecule has 0 N–H and O–H groups in total. The average Bonchev–Trinajstić information content (AvgIpc) is 2.45. The van der Waals surface area contributed by atoms with Gasteiger partial charge in [-0.3, -0.25) is 0 Å². The van der Waals surface area contributed by atoms with E-state index in [0.29, 0.717) is 0 Å². The van der Waals surface area contributed by atoms with Gasteiger partial charge in [-0.1, -0.05) is 12.1 Å². The van der Waals surface area contributed by atoms with E-state index in [4.69, 9.17) is 0 Å². The molecular formula is C14H9F4NO3. The van der Waals surface area contributed by atoms with E-state index in [1.807, 2.05) is 0 Å². The van der Waals surface area contributed by atoms with Crippen LogP contribution in [0.4, 0.5) is 17.6 Å². The van der Waals surface area contributed by atoms with Crippen molar-refractivity contribution in [2.45, 2.75) is 6.36 Å². The van der Waals surface area contributed by atoms with Crippen LogP contribution in [0.3, 0.4) is 0 Å². The molecule has 8 heteroatoms. The van der Waals surface area contributed by atoms with Crippen LogP contribution in [-0.4, -0.2) is 24.4 Å². The number of pyridine rings is 1. The Bertz CT molecular complexity index is 701. The smallest absolute Gasteiger partial charge is 0.465 e. The fourth-order valence-electron chi connectivity index (χ4n) is 1.77. The molecule has 0 atom stereocenters. The summed E-state index contributed by atoms with van der Waals surface area (Å²) < 4.78 is 58.3. The highest BCUT2D eigenvalue weighted by molar-refractivity contribution is 5.96. The first-order valence-electron chi connectivity index (χ1n) is 5.91. The largest absolute Gasteiger partial charge is 0.573 e. The molecule has 0 unspecified atom stereocenters. The highest BCUT2D eigenvalue weighted by Crippen LogP contribution is 2.29. The molecular weight excluding hydrogens is 306 g/mol. The van der Waals surface area contributed by atoms with E-state index in [9.17, 15) is 22.4 Å². The van der Waals surface area contributed by atoms with Crippen molar-refractivity contribution in [3.63, 3.8) is 0 Å². The van der Waals surface area contributed by atoms with Gasteiger partial charge in [-0.2, -0.15) is 4.39 Å². The number of alkyl halides is 3. The van der Waals surface area contributed by atoms with Crippen molar-refractivity contribution in [3.8, 4) is 17.0 Å². The van der Waals surface area contributed by atoms with Crippen molar-refractivity contribution < 1.29 is 31.8 Å². The summed E-state index contributed by atoms with van der Waals surface area (Å²) in [4.78, 5) is 15.2. The standard InChI is InChI=1S/C14H9F4NO3/c1-21-13(20)10-5-6-11(15)19-12(10)8-3-2-4-9(7-8)22-14(16,17)18/h2-7H,1H3. The lowest BCUT2D eigenvalue weighted by molar-refractivity contribution is -0.274. The highest BCUT2D eigenvalue weighted by atomic mass is 19.4. The number of carbonyl (C=O) groups is 1. The van der Waals surface area contributed by atoms with Crippen LogP contribution in [-0.2, 0) is 4.74 Å². The maximum atomic E-state index is 13.3. The van der Waals surface area contributed by atoms with E-state index < -0.39 is 24.0 Å². The van der Waals surface area contributed by atoms with Gasteiger partial charge in [0.05, 0.1) is 18.4 Å². The lowest BCUT2D eigenvalue weighted by Crippen LogP contribution is -2.17. The Morgan fingerprint density at radius 3 is 2.55 bits per heavy atom. The first-order valence-corrected chi connectivity index (χ1v) is 5.91. The Morgan fingerprint density at radius 2 is 1.91 bits per heavy atom. The second-order valence-electron chi connectivity index (χ2n) is 4.10. The summed E-state index contributed by atoms with van der Waals surface area (Å²) in [5, 5.41) is 0. The van der Waals surface area contributed by atoms with Gasteiger partial charge in [-0.25, -0.2) is 9.78 Å². The first-order chi connectivity index (χ1) is 10.3. The molecule has 0 amide bonds. The van der Waals surface area contributed by atoms with E-state index in [2.05, 4.69) is 14.5 Å². The fraction of sp³-hybridized carbons (Fsp3) is 0.143. The number of ether oxygens (including phenoxy) is 2. The van der Waals surface area contributed by atoms with Crippen molar-refractivity contribution >= 4 is 5.97 Å². The van der Waals surface area contributed by atoms with Gasteiger partial charge in [0.15, 0.2) is 0 Å². The maximum Gasteiger partial charge on any atom is 0.573 e. The zero-order valence-electron chi connectivity index (χ0n) is 11.1. The predicted octanol–water partition coefficient (Wildman–Crippen LogP) is 3.57. The SMILES string of the molecule is COC(=O)c1ccc(F)nc1-c1cccc(OC(F)(F)F)c1. The minimum absolute atomic E-state index is 0.0759. The van der Waals surface area contributed by atoms with Gasteiger partial charge in [-0.15, -0.1) is 13.2 Å². The molecule has 1 aromatic carbocycles. The number of methoxy groups -OCH3 is 1. The Balaban J connectivity index is 2.50. The van der Waals surface area contributed by atoms with E-state index in [-0.39, 0.29) is 16.8 Å². The molecule has 4 nitrogen and oxygen atoms in total. The van der Waals surface area contributed by atoms with Gasteiger partial charge >= 0.3 is 12.3 Å². The minimum Gasteiger partial charge on any atom is -0.465 e. The fourth-order valence-corrected chi connectivity index (χ4v) is 1.77. The monoisotopic (exact) mass is 315 g/mol. The normalized spacial score (nSPS) is 11.1. The summed E-state index contributed by atoms with van der Waals surface area (Å²) in [5.74, 6) is -2.18. The van der Waals surface area contributed by atoms with E-state index in [0.717, 1.165) is 31.4 Å². The molecule has 0 aliphatic rings. The highest BCUT2D eigenvalue weighted by Gasteiger charge is 2.31. The molecule has 0 radical (unpaired) electrons. The minimum atomic E-state index is -4.86. The van der Waals surface area contributed by atoms with E-state index >= 15 is 0 Å². The molecule has 0 spiro atoms. The summed E-state index contributed by atoms with van der Waals surface area (Å²) in [5.41, 5.74) is -0.130. The summed E-state index contributed by atoms with van der Waals surface area (Å²) in [6.45, 7) is 0. The number of nitrogens with zero attached hydrogens (tertiary/aromatic N) is 1. The summed E-state index contributed by atoms with van der Waals surface area (Å²) >= 11 is 0. The number of aromatic nitrogens is 1. The summed E-state index contributed by atoms with van der Waals surface area (Å²) in [7, 11) is 1.12. The number of hydrogen-bond acceptors (Lipinski definition) is 4. The van der Waals surface area contributed by atoms with Crippen molar-refractivity contribution in [2.24, 2.45) is 0 Å². The molecule has 2 aromatic rings. The Morgan fingerprint density at radius 1 is 1.18 bits per heavy atom. The van der Waals surface area contributed by atoms with Gasteiger partial charge < -0.3 is 9.47 Å². The number of halogens is 4. The molecule has 2 rings (SSSR count). The zero-order valence-corrected chi connectivity index (χ0v) is 11.1. The van der Waals surface area contributed by atoms with Crippen molar-refractivity contribution in [3.05, 3.63) is 47.9 Å². The molecule has 0 saturated heterocycles. The van der Waals surface area contributed by atoms with Crippen LogP contribution in [0.1, 0.15) is 10.4 Å². The van der Waals surface area contributed by atoms with Gasteiger partial charge in [0.2, 0.25) is 5.95 Å². The number of hydrogen-bond donors (Lipinski definition) is 0. The van der Waals surface area contributed by atoms with Crippen LogP contribution in [0.2, 0.25) is 0 Å². The van der Waals surface area contributed by atoms with Crippen LogP contribution >= 0.6 is 0 Å². The van der Waals surface area contributed by atoms with Crippen LogP contribution in [0.15, 0.2) is 36.4 Å². The third-order valence-electron chi connectivity index (χ3n) is 2.61. The molecule has 0 bridgehead atoms. The lowest BCUT2D eigenvalue weighted by atomic mass is 10.1. The number of carbonyl (C=O) groups excluding carboxylic acids is 1. The first kappa shape index (κ1) is 15.7.